The van der Waals surface area contributed by atoms with Gasteiger partial charge in [0.25, 0.3) is 0 Å². The molecule has 15 aromatic rings. The van der Waals surface area contributed by atoms with Gasteiger partial charge >= 0.3 is 58.4 Å². The van der Waals surface area contributed by atoms with Gasteiger partial charge in [-0.3, -0.25) is 0 Å². The summed E-state index contributed by atoms with van der Waals surface area (Å²) in [6.07, 6.45) is 0. The quantitative estimate of drug-likeness (QED) is 0.0593. The zero-order valence-electron chi connectivity index (χ0n) is 55.6. The summed E-state index contributed by atoms with van der Waals surface area (Å²) in [6, 6.07) is 160. The monoisotopic (exact) mass is 2040 g/mol. The van der Waals surface area contributed by atoms with Crippen molar-refractivity contribution >= 4 is 161 Å². The number of benzene rings is 15. The van der Waals surface area contributed by atoms with Gasteiger partial charge in [-0.2, -0.15) is 0 Å². The fourth-order valence-corrected chi connectivity index (χ4v) is 30.9. The molecule has 0 amide bonds. The maximum Gasteiger partial charge on any atom is 0.144 e. The van der Waals surface area contributed by atoms with E-state index < -0.39 is 47.5 Å². The largest absolute Gasteiger partial charge is 0.144 e. The van der Waals surface area contributed by atoms with Gasteiger partial charge in [-0.25, -0.2) is 0 Å². The number of hydrogen-bond acceptors (Lipinski definition) is 0. The molecule has 102 heavy (non-hydrogen) atoms. The second kappa shape index (κ2) is 44.1. The van der Waals surface area contributed by atoms with Crippen LogP contribution in [0.2, 0.25) is 0 Å². The normalized spacial score (nSPS) is 10.5. The van der Waals surface area contributed by atoms with Crippen molar-refractivity contribution in [2.45, 2.75) is 0 Å². The molecule has 15 aromatic carbocycles. The minimum atomic E-state index is -1.14. The number of rotatable bonds is 18. The van der Waals surface area contributed by atoms with Gasteiger partial charge in [0.2, 0.25) is 0 Å². The van der Waals surface area contributed by atoms with E-state index in [0.717, 1.165) is 0 Å². The van der Waals surface area contributed by atoms with Crippen molar-refractivity contribution in [2.24, 2.45) is 0 Å². The van der Waals surface area contributed by atoms with Crippen molar-refractivity contribution in [3.05, 3.63) is 437 Å². The molecule has 0 heterocycles. The predicted octanol–water partition coefficient (Wildman–Crippen LogP) is 12.4. The van der Waals surface area contributed by atoms with E-state index in [9.17, 15) is 0 Å². The van der Waals surface area contributed by atoms with Crippen LogP contribution in [0.1, 0.15) is 0 Å². The molecule has 12 heteroatoms. The second-order valence-electron chi connectivity index (χ2n) is 23.3. The summed E-state index contributed by atoms with van der Waals surface area (Å²) in [4.78, 5) is 0. The van der Waals surface area contributed by atoms with E-state index in [1.54, 1.807) is 40.0 Å². The smallest absolute Gasteiger partial charge is 0.0620 e. The second-order valence-corrected chi connectivity index (χ2v) is 37.9. The molecule has 0 nitrogen and oxygen atoms in total. The molecule has 0 saturated heterocycles. The van der Waals surface area contributed by atoms with E-state index in [1.807, 2.05) is 0 Å². The third-order valence-corrected chi connectivity index (χ3v) is 34.7. The molecule has 0 fully saturated rings. The standard InChI is InChI=1S/3C30H24P2.3Au.3ClH/c3*1-5-15-25(16-6-1)31(26-17-7-2-8-18-26)29-23-13-14-24-30(29)32(27-19-9-3-10-20-27)28-21-11-4-12-22-28;;;;;;/h3*1-24H;;;;3*1H/q;;;;2*+1;;;/p+3. The van der Waals surface area contributed by atoms with Gasteiger partial charge in [-0.1, -0.05) is 255 Å². The molecule has 1 radical (unpaired) electrons. The Kier molecular flexibility index (Phi) is 34.6. The molecular formula is C90H78Au3Cl3P6+5. The van der Waals surface area contributed by atoms with Gasteiger partial charge < -0.3 is 12.4 Å². The van der Waals surface area contributed by atoms with Crippen LogP contribution in [-0.4, -0.2) is 0 Å². The summed E-state index contributed by atoms with van der Waals surface area (Å²) in [5.74, 6) is 0. The van der Waals surface area contributed by atoms with Gasteiger partial charge in [-0.15, -0.1) is 0 Å². The molecule has 15 rings (SSSR count). The van der Waals surface area contributed by atoms with Crippen LogP contribution in [0.3, 0.4) is 0 Å². The van der Waals surface area contributed by atoms with Gasteiger partial charge in [0, 0.05) is 22.4 Å². The first kappa shape index (κ1) is 80.1. The van der Waals surface area contributed by atoms with E-state index in [4.69, 9.17) is 0 Å². The first-order chi connectivity index (χ1) is 49.7. The average Bonchev–Trinajstić information content (AvgIpc) is 0.789. The van der Waals surface area contributed by atoms with Gasteiger partial charge in [0.15, 0.2) is 0 Å². The third kappa shape index (κ3) is 21.4. The molecule has 0 N–H and O–H groups in total. The van der Waals surface area contributed by atoms with Crippen LogP contribution in [-0.2, 0) is 62.4 Å². The maximum atomic E-state index is 4.58. The van der Waals surface area contributed by atoms with E-state index >= 15 is 0 Å². The van der Waals surface area contributed by atoms with E-state index in [1.165, 1.54) is 95.5 Å². The Morgan fingerprint density at radius 1 is 0.127 bits per heavy atom. The summed E-state index contributed by atoms with van der Waals surface area (Å²) >= 11 is 3.50. The summed E-state index contributed by atoms with van der Waals surface area (Å²) in [5.41, 5.74) is 0. The van der Waals surface area contributed by atoms with Crippen LogP contribution < -0.4 is 108 Å². The Morgan fingerprint density at radius 2 is 0.196 bits per heavy atom. The van der Waals surface area contributed by atoms with Crippen LogP contribution in [0.4, 0.5) is 0 Å². The Morgan fingerprint density at radius 3 is 0.275 bits per heavy atom. The predicted molar refractivity (Wildman–Crippen MR) is 452 cm³/mol. The Bertz CT molecular complexity index is 3750. The minimum Gasteiger partial charge on any atom is -0.0620 e. The van der Waals surface area contributed by atoms with Crippen LogP contribution in [0.5, 0.6) is 0 Å². The van der Waals surface area contributed by atoms with E-state index in [2.05, 4.69) is 455 Å². The Balaban J connectivity index is 0.000000172. The van der Waals surface area contributed by atoms with Crippen molar-refractivity contribution in [1.82, 2.24) is 0 Å². The van der Waals surface area contributed by atoms with Crippen LogP contribution in [0.15, 0.2) is 437 Å². The SMILES string of the molecule is [Au].[Cl-].[Cl][Au].[Cl][Au].c1ccc([PH+](c2ccccc2)c2ccccc2[PH+](c2ccccc2)c2ccccc2)cc1.c1ccc([PH+](c2ccccc2)c2ccccc2[PH+](c2ccccc2)c2ccccc2)cc1.c1ccc([PH+](c2ccccc2)c2ccccc2[PH+](c2ccccc2)c2ccccc2)cc1. The van der Waals surface area contributed by atoms with Crippen LogP contribution in [0, 0.1) is 0 Å². The van der Waals surface area contributed by atoms with Crippen LogP contribution in [0.25, 0.3) is 0 Å². The minimum absolute atomic E-state index is 0. The molecule has 0 aromatic heterocycles. The molecule has 0 aliphatic heterocycles. The molecule has 0 bridgehead atoms. The van der Waals surface area contributed by atoms with Crippen molar-refractivity contribution in [1.29, 1.82) is 0 Å². The molecule has 0 atom stereocenters. The molecule has 0 aliphatic carbocycles. The Hall–Kier alpha value is -6.03. The van der Waals surface area contributed by atoms with Gasteiger partial charge in [-0.05, 0) is 182 Å². The van der Waals surface area contributed by atoms with Crippen molar-refractivity contribution in [3.63, 3.8) is 0 Å². The average molecular weight is 2040 g/mol. The summed E-state index contributed by atoms with van der Waals surface area (Å²) in [5, 5.41) is 26.1. The van der Waals surface area contributed by atoms with Crippen molar-refractivity contribution in [3.8, 4) is 0 Å². The van der Waals surface area contributed by atoms with Crippen LogP contribution >= 0.6 is 65.9 Å². The summed E-state index contributed by atoms with van der Waals surface area (Å²) < 4.78 is 0. The third-order valence-electron chi connectivity index (χ3n) is 17.1. The molecular weight excluding hydrogens is 1960 g/mol. The summed E-state index contributed by atoms with van der Waals surface area (Å²) in [6.45, 7) is 0. The number of hydrogen-bond donors (Lipinski definition) is 0. The topological polar surface area (TPSA) is 0 Å². The zero-order valence-corrected chi connectivity index (χ0v) is 70.4. The van der Waals surface area contributed by atoms with E-state index in [-0.39, 0.29) is 34.8 Å². The maximum absolute atomic E-state index is 4.58. The van der Waals surface area contributed by atoms with E-state index in [0.29, 0.717) is 0 Å². The first-order valence-corrected chi connectivity index (χ1v) is 47.5. The molecule has 0 aliphatic rings. The first-order valence-electron chi connectivity index (χ1n) is 33.1. The molecule has 0 saturated carbocycles. The summed E-state index contributed by atoms with van der Waals surface area (Å²) in [7, 11) is 2.33. The molecule has 517 valence electrons. The Labute approximate surface area is 665 Å². The number of halogens is 3. The van der Waals surface area contributed by atoms with Gasteiger partial charge in [0.1, 0.15) is 143 Å². The fraction of sp³-hybridized carbons (Fsp3) is 0. The molecule has 0 spiro atoms. The van der Waals surface area contributed by atoms with Crippen molar-refractivity contribution in [2.75, 3.05) is 0 Å². The zero-order chi connectivity index (χ0) is 68.8. The fourth-order valence-electron chi connectivity index (χ4n) is 12.9. The van der Waals surface area contributed by atoms with Crippen molar-refractivity contribution < 1.29 is 74.8 Å². The van der Waals surface area contributed by atoms with Gasteiger partial charge in [0.05, 0.1) is 0 Å². The molecule has 0 unspecified atom stereocenters.